The minimum absolute atomic E-state index is 0.0377. The van der Waals surface area contributed by atoms with Gasteiger partial charge >= 0.3 is 0 Å². The molecule has 0 radical (unpaired) electrons. The van der Waals surface area contributed by atoms with Crippen LogP contribution in [0, 0.1) is 24.1 Å². The van der Waals surface area contributed by atoms with Crippen LogP contribution in [0.25, 0.3) is 11.0 Å². The lowest BCUT2D eigenvalue weighted by Gasteiger charge is -2.20. The molecule has 1 aliphatic heterocycles. The average molecular weight is 420 g/mol. The van der Waals surface area contributed by atoms with Gasteiger partial charge in [0.2, 0.25) is 0 Å². The predicted molar refractivity (Wildman–Crippen MR) is 120 cm³/mol. The Morgan fingerprint density at radius 3 is 2.81 bits per heavy atom. The first kappa shape index (κ1) is 20.9. The van der Waals surface area contributed by atoms with Gasteiger partial charge in [0.1, 0.15) is 29.0 Å². The number of nitrogens with one attached hydrogen (secondary N) is 1. The van der Waals surface area contributed by atoms with Crippen LogP contribution in [0.1, 0.15) is 37.3 Å². The number of hydrogen-bond donors (Lipinski definition) is 1. The summed E-state index contributed by atoms with van der Waals surface area (Å²) < 4.78 is 19.1. The maximum Gasteiger partial charge on any atom is 0.129 e. The van der Waals surface area contributed by atoms with Gasteiger partial charge in [0, 0.05) is 31.7 Å². The number of benzene rings is 1. The number of fused-ring (bicyclic) bond motifs is 1. The summed E-state index contributed by atoms with van der Waals surface area (Å²) in [5.41, 5.74) is 3.42. The van der Waals surface area contributed by atoms with Crippen molar-refractivity contribution in [3.63, 3.8) is 0 Å². The van der Waals surface area contributed by atoms with E-state index >= 15 is 0 Å². The first-order chi connectivity index (χ1) is 15.0. The van der Waals surface area contributed by atoms with Gasteiger partial charge in [-0.2, -0.15) is 5.26 Å². The third kappa shape index (κ3) is 4.69. The molecule has 2 aromatic heterocycles. The van der Waals surface area contributed by atoms with Crippen LogP contribution in [-0.2, 0) is 0 Å². The summed E-state index contributed by atoms with van der Waals surface area (Å²) in [5.74, 6) is 1.33. The van der Waals surface area contributed by atoms with Crippen molar-refractivity contribution in [1.82, 2.24) is 9.97 Å². The molecule has 1 aliphatic rings. The number of anilines is 2. The topological polar surface area (TPSA) is 74.1 Å². The van der Waals surface area contributed by atoms with Crippen LogP contribution in [0.2, 0.25) is 0 Å². The fourth-order valence-electron chi connectivity index (χ4n) is 3.85. The molecule has 31 heavy (non-hydrogen) atoms. The average Bonchev–Trinajstić information content (AvgIpc) is 3.30. The Kier molecular flexibility index (Phi) is 6.17. The highest BCUT2D eigenvalue weighted by Gasteiger charge is 2.17. The number of nitriles is 1. The molecule has 1 unspecified atom stereocenters. The van der Waals surface area contributed by atoms with Crippen molar-refractivity contribution in [2.24, 2.45) is 0 Å². The smallest absolute Gasteiger partial charge is 0.129 e. The lowest BCUT2D eigenvalue weighted by molar-refractivity contribution is 0.302. The normalized spacial score (nSPS) is 14.5. The second-order valence-corrected chi connectivity index (χ2v) is 7.98. The number of aryl methyl sites for hydroxylation is 1. The Morgan fingerprint density at radius 2 is 2.06 bits per heavy atom. The molecular formula is C24H26FN5O. The van der Waals surface area contributed by atoms with Gasteiger partial charge in [-0.15, -0.1) is 0 Å². The zero-order valence-corrected chi connectivity index (χ0v) is 17.9. The van der Waals surface area contributed by atoms with E-state index in [0.29, 0.717) is 35.5 Å². The molecule has 160 valence electrons. The van der Waals surface area contributed by atoms with Crippen molar-refractivity contribution in [2.75, 3.05) is 29.9 Å². The molecule has 4 rings (SSSR count). The van der Waals surface area contributed by atoms with Gasteiger partial charge in [0.25, 0.3) is 0 Å². The Bertz CT molecular complexity index is 1120. The molecule has 1 aromatic carbocycles. The molecule has 3 heterocycles. The van der Waals surface area contributed by atoms with Crippen molar-refractivity contribution >= 4 is 22.5 Å². The summed E-state index contributed by atoms with van der Waals surface area (Å²) in [6.07, 6.45) is 4.64. The number of hydrogen-bond acceptors (Lipinski definition) is 6. The summed E-state index contributed by atoms with van der Waals surface area (Å²) >= 11 is 0. The maximum absolute atomic E-state index is 13.3. The van der Waals surface area contributed by atoms with E-state index in [1.54, 1.807) is 12.3 Å². The molecule has 0 spiro atoms. The van der Waals surface area contributed by atoms with Crippen molar-refractivity contribution in [3.8, 4) is 11.8 Å². The van der Waals surface area contributed by atoms with Gasteiger partial charge in [-0.25, -0.2) is 9.37 Å². The second-order valence-electron chi connectivity index (χ2n) is 7.98. The molecule has 0 amide bonds. The molecule has 7 heteroatoms. The Labute approximate surface area is 181 Å². The van der Waals surface area contributed by atoms with Crippen molar-refractivity contribution in [1.29, 1.82) is 5.26 Å². The Morgan fingerprint density at radius 1 is 1.26 bits per heavy atom. The number of nitrogens with zero attached hydrogens (tertiary/aromatic N) is 4. The standard InChI is InChI=1S/C24H26FN5O/c1-16-13-19(25)5-7-21(16)31-12-9-17(2)28-23-18(14-26)15-27-20-6-8-22(29-24(20)23)30-10-3-4-11-30/h5-8,13,15,17H,3-4,9-12H2,1-2H3,(H,27,28). The molecule has 0 saturated carbocycles. The van der Waals surface area contributed by atoms with Gasteiger partial charge in [-0.3, -0.25) is 4.98 Å². The third-order valence-electron chi connectivity index (χ3n) is 5.58. The molecule has 1 saturated heterocycles. The van der Waals surface area contributed by atoms with Gasteiger partial charge in [0.05, 0.1) is 23.4 Å². The van der Waals surface area contributed by atoms with Crippen LogP contribution in [0.15, 0.2) is 36.5 Å². The van der Waals surface area contributed by atoms with Gasteiger partial charge in [-0.1, -0.05) is 0 Å². The summed E-state index contributed by atoms with van der Waals surface area (Å²) in [7, 11) is 0. The molecule has 6 nitrogen and oxygen atoms in total. The highest BCUT2D eigenvalue weighted by molar-refractivity contribution is 5.91. The summed E-state index contributed by atoms with van der Waals surface area (Å²) in [4.78, 5) is 11.5. The van der Waals surface area contributed by atoms with Crippen molar-refractivity contribution < 1.29 is 9.13 Å². The van der Waals surface area contributed by atoms with Crippen molar-refractivity contribution in [3.05, 3.63) is 53.5 Å². The number of aromatic nitrogens is 2. The van der Waals surface area contributed by atoms with E-state index in [4.69, 9.17) is 9.72 Å². The summed E-state index contributed by atoms with van der Waals surface area (Å²) in [6, 6.07) is 10.7. The minimum atomic E-state index is -0.269. The molecular weight excluding hydrogens is 393 g/mol. The van der Waals surface area contributed by atoms with E-state index < -0.39 is 0 Å². The number of halogens is 1. The monoisotopic (exact) mass is 419 g/mol. The van der Waals surface area contributed by atoms with E-state index in [0.717, 1.165) is 30.0 Å². The van der Waals surface area contributed by atoms with Gasteiger partial charge in [-0.05, 0) is 62.6 Å². The number of ether oxygens (including phenoxy) is 1. The predicted octanol–water partition coefficient (Wildman–Crippen LogP) is 4.82. The summed E-state index contributed by atoms with van der Waals surface area (Å²) in [6.45, 7) is 6.34. The number of rotatable bonds is 7. The quantitative estimate of drug-likeness (QED) is 0.592. The zero-order chi connectivity index (χ0) is 21.8. The molecule has 1 N–H and O–H groups in total. The Hall–Kier alpha value is -3.40. The SMILES string of the molecule is Cc1cc(F)ccc1OCCC(C)Nc1c(C#N)cnc2ccc(N3CCCC3)nc12. The molecule has 1 atom stereocenters. The minimum Gasteiger partial charge on any atom is -0.493 e. The summed E-state index contributed by atoms with van der Waals surface area (Å²) in [5, 5.41) is 13.1. The zero-order valence-electron chi connectivity index (χ0n) is 17.9. The first-order valence-electron chi connectivity index (χ1n) is 10.7. The highest BCUT2D eigenvalue weighted by Crippen LogP contribution is 2.28. The lowest BCUT2D eigenvalue weighted by atomic mass is 10.1. The van der Waals surface area contributed by atoms with Crippen molar-refractivity contribution in [2.45, 2.75) is 39.2 Å². The largest absolute Gasteiger partial charge is 0.493 e. The van der Waals surface area contributed by atoms with Crippen LogP contribution < -0.4 is 15.0 Å². The van der Waals surface area contributed by atoms with Crippen LogP contribution in [0.5, 0.6) is 5.75 Å². The first-order valence-corrected chi connectivity index (χ1v) is 10.7. The van der Waals surface area contributed by atoms with Crippen LogP contribution in [0.4, 0.5) is 15.9 Å². The van der Waals surface area contributed by atoms with Gasteiger partial charge < -0.3 is 15.0 Å². The molecule has 0 aliphatic carbocycles. The van der Waals surface area contributed by atoms with E-state index in [1.165, 1.54) is 25.0 Å². The number of pyridine rings is 2. The molecule has 0 bridgehead atoms. The van der Waals surface area contributed by atoms with Crippen LogP contribution in [-0.4, -0.2) is 35.7 Å². The lowest BCUT2D eigenvalue weighted by Crippen LogP contribution is -2.21. The fraction of sp³-hybridized carbons (Fsp3) is 0.375. The second kappa shape index (κ2) is 9.17. The van der Waals surface area contributed by atoms with Gasteiger partial charge in [0.15, 0.2) is 0 Å². The fourth-order valence-corrected chi connectivity index (χ4v) is 3.85. The maximum atomic E-state index is 13.3. The van der Waals surface area contributed by atoms with Crippen LogP contribution in [0.3, 0.4) is 0 Å². The van der Waals surface area contributed by atoms with E-state index in [1.807, 2.05) is 26.0 Å². The van der Waals surface area contributed by atoms with E-state index in [-0.39, 0.29) is 11.9 Å². The van der Waals surface area contributed by atoms with E-state index in [2.05, 4.69) is 21.3 Å². The van der Waals surface area contributed by atoms with Crippen LogP contribution >= 0.6 is 0 Å². The third-order valence-corrected chi connectivity index (χ3v) is 5.58. The molecule has 1 fully saturated rings. The molecule has 3 aromatic rings. The Balaban J connectivity index is 1.50. The highest BCUT2D eigenvalue weighted by atomic mass is 19.1. The van der Waals surface area contributed by atoms with E-state index in [9.17, 15) is 9.65 Å².